The van der Waals surface area contributed by atoms with Crippen LogP contribution >= 0.6 is 0 Å². The quantitative estimate of drug-likeness (QED) is 0.261. The molecule has 304 valence electrons. The van der Waals surface area contributed by atoms with Gasteiger partial charge in [-0.3, -0.25) is 19.4 Å². The van der Waals surface area contributed by atoms with Gasteiger partial charge in [-0.1, -0.05) is 75.8 Å². The van der Waals surface area contributed by atoms with Crippen molar-refractivity contribution in [3.8, 4) is 0 Å². The van der Waals surface area contributed by atoms with Crippen molar-refractivity contribution in [1.82, 2.24) is 20.5 Å². The average molecular weight is 777 g/mol. The number of nitrogens with one attached hydrogen (secondary N) is 2. The molecule has 1 aromatic carbocycles. The van der Waals surface area contributed by atoms with Crippen LogP contribution in [0.2, 0.25) is 0 Å². The van der Waals surface area contributed by atoms with Gasteiger partial charge in [0.15, 0.2) is 11.6 Å². The third-order valence-corrected chi connectivity index (χ3v) is 10.6. The van der Waals surface area contributed by atoms with Gasteiger partial charge in [0.2, 0.25) is 11.8 Å². The number of cyclic esters (lactones) is 1. The zero-order valence-corrected chi connectivity index (χ0v) is 33.7. The number of carbonyl (C=O) groups is 5. The number of aliphatic hydroxyl groups is 1. The molecule has 9 atom stereocenters. The number of fused-ring (bicyclic) bond motifs is 1. The van der Waals surface area contributed by atoms with Gasteiger partial charge in [-0.15, -0.1) is 0 Å². The van der Waals surface area contributed by atoms with Gasteiger partial charge in [-0.2, -0.15) is 0 Å². The third-order valence-electron chi connectivity index (χ3n) is 10.6. The highest BCUT2D eigenvalue weighted by atomic mass is 16.6. The molecule has 0 aliphatic carbocycles. The number of pyridine rings is 1. The fourth-order valence-electron chi connectivity index (χ4n) is 6.74. The lowest BCUT2D eigenvalue weighted by molar-refractivity contribution is -0.162. The third kappa shape index (κ3) is 10.7. The summed E-state index contributed by atoms with van der Waals surface area (Å²) in [5.41, 5.74) is -1.40. The van der Waals surface area contributed by atoms with Gasteiger partial charge in [0, 0.05) is 38.9 Å². The minimum Gasteiger partial charge on any atom is -0.459 e. The number of amides is 3. The fourth-order valence-corrected chi connectivity index (χ4v) is 6.74. The lowest BCUT2D eigenvalue weighted by Crippen LogP contribution is -2.62. The van der Waals surface area contributed by atoms with Crippen LogP contribution in [0.1, 0.15) is 83.3 Å². The highest BCUT2D eigenvalue weighted by Gasteiger charge is 2.61. The molecule has 0 spiro atoms. The molecule has 1 saturated heterocycles. The van der Waals surface area contributed by atoms with Crippen molar-refractivity contribution >= 4 is 29.7 Å². The van der Waals surface area contributed by atoms with Crippen LogP contribution in [0.25, 0.3) is 0 Å². The SMILES string of the molecule is CC[C@H](C)[C@H]1C(=O)N[C@H](COC(=O)c2ccncc2)C(=O)N[C@@H](C(C)(C)O)C(=O)O[C@H](c2ccccc2)[C@H](C)/C=C/C=C(\C)[C@H](OC)C[C@@H]2O[C@@]2(C)C(=O)N1C. The maximum absolute atomic E-state index is 14.3. The molecule has 1 aromatic heterocycles. The molecule has 0 bridgehead atoms. The number of aromatic nitrogens is 1. The van der Waals surface area contributed by atoms with E-state index < -0.39 is 89.8 Å². The normalized spacial score (nSPS) is 30.6. The van der Waals surface area contributed by atoms with E-state index in [1.54, 1.807) is 21.0 Å². The van der Waals surface area contributed by atoms with Gasteiger partial charge >= 0.3 is 11.9 Å². The van der Waals surface area contributed by atoms with E-state index in [1.165, 1.54) is 50.3 Å². The number of hydrogen-bond donors (Lipinski definition) is 3. The molecular weight excluding hydrogens is 720 g/mol. The van der Waals surface area contributed by atoms with Gasteiger partial charge in [0.25, 0.3) is 5.91 Å². The van der Waals surface area contributed by atoms with E-state index in [0.29, 0.717) is 18.4 Å². The molecule has 4 rings (SSSR count). The van der Waals surface area contributed by atoms with E-state index in [-0.39, 0.29) is 11.5 Å². The van der Waals surface area contributed by atoms with Crippen LogP contribution in [0.3, 0.4) is 0 Å². The molecule has 3 amide bonds. The number of esters is 2. The number of ether oxygens (including phenoxy) is 4. The number of methoxy groups -OCH3 is 1. The zero-order chi connectivity index (χ0) is 41.4. The molecule has 0 unspecified atom stereocenters. The van der Waals surface area contributed by atoms with Crippen LogP contribution in [-0.2, 0) is 38.1 Å². The number of epoxide rings is 1. The molecule has 14 nitrogen and oxygen atoms in total. The maximum Gasteiger partial charge on any atom is 0.338 e. The predicted octanol–water partition coefficient (Wildman–Crippen LogP) is 3.85. The molecule has 0 saturated carbocycles. The second-order valence-corrected chi connectivity index (χ2v) is 15.3. The molecule has 14 heteroatoms. The molecule has 1 fully saturated rings. The Balaban J connectivity index is 1.78. The average Bonchev–Trinajstić information content (AvgIpc) is 3.84. The Morgan fingerprint density at radius 2 is 1.75 bits per heavy atom. The van der Waals surface area contributed by atoms with Crippen LogP contribution in [0.15, 0.2) is 78.7 Å². The smallest absolute Gasteiger partial charge is 0.338 e. The summed E-state index contributed by atoms with van der Waals surface area (Å²) >= 11 is 0. The first-order valence-corrected chi connectivity index (χ1v) is 18.9. The van der Waals surface area contributed by atoms with Crippen molar-refractivity contribution in [3.63, 3.8) is 0 Å². The zero-order valence-electron chi connectivity index (χ0n) is 33.7. The molecule has 0 radical (unpaired) electrons. The topological polar surface area (TPSA) is 186 Å². The van der Waals surface area contributed by atoms with Crippen molar-refractivity contribution in [2.24, 2.45) is 11.8 Å². The Labute approximate surface area is 329 Å². The van der Waals surface area contributed by atoms with E-state index in [1.807, 2.05) is 69.3 Å². The van der Waals surface area contributed by atoms with Crippen LogP contribution in [-0.4, -0.2) is 107 Å². The maximum atomic E-state index is 14.3. The summed E-state index contributed by atoms with van der Waals surface area (Å²) in [7, 11) is 3.09. The van der Waals surface area contributed by atoms with E-state index in [9.17, 15) is 29.1 Å². The Morgan fingerprint density at radius 1 is 1.09 bits per heavy atom. The van der Waals surface area contributed by atoms with E-state index in [4.69, 9.17) is 18.9 Å². The Hall–Kier alpha value is -4.92. The lowest BCUT2D eigenvalue weighted by Gasteiger charge is -2.34. The monoisotopic (exact) mass is 776 g/mol. The van der Waals surface area contributed by atoms with Gasteiger partial charge in [0.1, 0.15) is 24.8 Å². The van der Waals surface area contributed by atoms with Crippen molar-refractivity contribution in [1.29, 1.82) is 0 Å². The second-order valence-electron chi connectivity index (χ2n) is 15.3. The molecule has 3 N–H and O–H groups in total. The standard InChI is InChI=1S/C42H56N4O10/c1-10-25(2)33-37(48)44-30(24-54-38(49)29-19-21-43-22-20-29)36(47)45-35(41(5,6)52)39(50)55-34(28-17-12-11-13-18-28)27(4)16-14-15-26(3)31(53-9)23-32-42(7,56-32)40(51)46(33)8/h11-22,25,27,30-35,52H,10,23-24H2,1-9H3,(H,44,48)(H,45,47)/b16-14+,26-15+/t25-,27+,30+,31+,32-,33-,34-,35+,42+/m0/s1. The minimum atomic E-state index is -1.86. The predicted molar refractivity (Wildman–Crippen MR) is 207 cm³/mol. The van der Waals surface area contributed by atoms with Crippen molar-refractivity contribution in [3.05, 3.63) is 89.8 Å². The summed E-state index contributed by atoms with van der Waals surface area (Å²) in [6.45, 7) is 11.1. The summed E-state index contributed by atoms with van der Waals surface area (Å²) in [6, 6.07) is 7.64. The molecule has 56 heavy (non-hydrogen) atoms. The van der Waals surface area contributed by atoms with Crippen molar-refractivity contribution in [2.45, 2.75) is 109 Å². The molecule has 3 heterocycles. The largest absolute Gasteiger partial charge is 0.459 e. The summed E-state index contributed by atoms with van der Waals surface area (Å²) in [6.07, 6.45) is 7.51. The van der Waals surface area contributed by atoms with Crippen LogP contribution in [0.5, 0.6) is 0 Å². The Morgan fingerprint density at radius 3 is 2.36 bits per heavy atom. The molecular formula is C42H56N4O10. The van der Waals surface area contributed by atoms with Crippen molar-refractivity contribution in [2.75, 3.05) is 20.8 Å². The number of carbonyl (C=O) groups excluding carboxylic acids is 5. The van der Waals surface area contributed by atoms with Gasteiger partial charge < -0.3 is 39.6 Å². The number of allylic oxidation sites excluding steroid dienone is 2. The number of nitrogens with zero attached hydrogens (tertiary/aromatic N) is 2. The number of likely N-dealkylation sites (N-methyl/N-ethyl adjacent to an activating group) is 1. The molecule has 2 aliphatic rings. The summed E-state index contributed by atoms with van der Waals surface area (Å²) in [4.78, 5) is 74.7. The number of rotatable bonds is 8. The summed E-state index contributed by atoms with van der Waals surface area (Å²) < 4.78 is 23.4. The van der Waals surface area contributed by atoms with Crippen LogP contribution < -0.4 is 10.6 Å². The molecule has 2 aliphatic heterocycles. The lowest BCUT2D eigenvalue weighted by atomic mass is 9.93. The number of benzene rings is 1. The number of hydrogen-bond acceptors (Lipinski definition) is 11. The van der Waals surface area contributed by atoms with Crippen LogP contribution in [0.4, 0.5) is 0 Å². The van der Waals surface area contributed by atoms with Gasteiger partial charge in [0.05, 0.1) is 23.4 Å². The van der Waals surface area contributed by atoms with E-state index >= 15 is 0 Å². The first kappa shape index (κ1) is 43.8. The highest BCUT2D eigenvalue weighted by Crippen LogP contribution is 2.42. The van der Waals surface area contributed by atoms with Crippen molar-refractivity contribution < 1.29 is 48.0 Å². The minimum absolute atomic E-state index is 0.152. The molecule has 2 aromatic rings. The van der Waals surface area contributed by atoms with Gasteiger partial charge in [-0.25, -0.2) is 9.59 Å². The van der Waals surface area contributed by atoms with E-state index in [2.05, 4.69) is 15.6 Å². The van der Waals surface area contributed by atoms with E-state index in [0.717, 1.165) is 5.57 Å². The summed E-state index contributed by atoms with van der Waals surface area (Å²) in [5, 5.41) is 16.5. The summed E-state index contributed by atoms with van der Waals surface area (Å²) in [5.74, 6) is -4.60. The van der Waals surface area contributed by atoms with Gasteiger partial charge in [-0.05, 0) is 56.9 Å². The Bertz CT molecular complexity index is 1760. The highest BCUT2D eigenvalue weighted by molar-refractivity contribution is 5.96. The first-order valence-electron chi connectivity index (χ1n) is 18.9. The Kier molecular flexibility index (Phi) is 14.7. The van der Waals surface area contributed by atoms with Crippen LogP contribution in [0, 0.1) is 11.8 Å². The first-order chi connectivity index (χ1) is 26.4. The fraction of sp³-hybridized carbons (Fsp3) is 0.524. The second kappa shape index (κ2) is 18.8.